The molecule has 1 saturated heterocycles. The summed E-state index contributed by atoms with van der Waals surface area (Å²) in [6.45, 7) is 6.87. The number of fused-ring (bicyclic) bond motifs is 1. The van der Waals surface area contributed by atoms with Gasteiger partial charge in [-0.25, -0.2) is 4.39 Å². The number of pyridine rings is 1. The van der Waals surface area contributed by atoms with E-state index in [1.165, 1.54) is 31.4 Å². The van der Waals surface area contributed by atoms with E-state index in [0.29, 0.717) is 52.9 Å². The average Bonchev–Trinajstić information content (AvgIpc) is 3.99. The molecule has 2 aliphatic carbocycles. The average molecular weight is 665 g/mol. The van der Waals surface area contributed by atoms with Crippen LogP contribution in [0.3, 0.4) is 0 Å². The minimum atomic E-state index is -1.21. The molecule has 1 unspecified atom stereocenters. The van der Waals surface area contributed by atoms with Gasteiger partial charge in [0.05, 0.1) is 5.52 Å². The van der Waals surface area contributed by atoms with Crippen LogP contribution in [-0.2, 0) is 9.59 Å². The van der Waals surface area contributed by atoms with Crippen molar-refractivity contribution in [3.63, 3.8) is 0 Å². The van der Waals surface area contributed by atoms with Crippen LogP contribution in [0, 0.1) is 16.6 Å². The van der Waals surface area contributed by atoms with Crippen molar-refractivity contribution in [1.82, 2.24) is 9.88 Å². The highest BCUT2D eigenvalue weighted by atomic mass is 19.1. The van der Waals surface area contributed by atoms with Crippen molar-refractivity contribution in [2.75, 3.05) is 36.9 Å². The number of ether oxygens (including phenoxy) is 2. The number of amides is 2. The van der Waals surface area contributed by atoms with Gasteiger partial charge in [-0.2, -0.15) is 0 Å². The number of allylic oxidation sites excluding steroid dienone is 1. The number of aliphatic hydroxyl groups excluding tert-OH is 1. The third kappa shape index (κ3) is 7.45. The molecule has 2 heterocycles. The smallest absolute Gasteiger partial charge is 0.240 e. The lowest BCUT2D eigenvalue weighted by Gasteiger charge is -2.20. The van der Waals surface area contributed by atoms with Crippen molar-refractivity contribution in [3.05, 3.63) is 89.9 Å². The molecule has 7 rings (SSSR count). The Labute approximate surface area is 285 Å². The molecule has 1 aromatic heterocycles. The molecule has 3 N–H and O–H groups in total. The fraction of sp³-hybridized carbons (Fsp3) is 0.359. The number of carbonyl (C=O) groups is 2. The summed E-state index contributed by atoms with van der Waals surface area (Å²) in [5.41, 5.74) is 2.82. The van der Waals surface area contributed by atoms with E-state index in [4.69, 9.17) is 9.47 Å². The molecule has 10 heteroatoms. The quantitative estimate of drug-likeness (QED) is 0.138. The fourth-order valence-corrected chi connectivity index (χ4v) is 6.60. The zero-order valence-corrected chi connectivity index (χ0v) is 27.8. The summed E-state index contributed by atoms with van der Waals surface area (Å²) in [6, 6.07) is 18.6. The number of carbonyl (C=O) groups excluding carboxylic acids is 2. The van der Waals surface area contributed by atoms with Gasteiger partial charge in [0.15, 0.2) is 11.6 Å². The van der Waals surface area contributed by atoms with Crippen molar-refractivity contribution in [2.24, 2.45) is 10.8 Å². The van der Waals surface area contributed by atoms with Crippen LogP contribution in [0.5, 0.6) is 17.2 Å². The largest absolute Gasteiger partial charge is 0.491 e. The van der Waals surface area contributed by atoms with Crippen molar-refractivity contribution in [2.45, 2.75) is 52.1 Å². The first-order valence-corrected chi connectivity index (χ1v) is 16.9. The summed E-state index contributed by atoms with van der Waals surface area (Å²) in [4.78, 5) is 33.1. The highest BCUT2D eigenvalue weighted by molar-refractivity contribution is 6.17. The van der Waals surface area contributed by atoms with Gasteiger partial charge in [0, 0.05) is 48.2 Å². The van der Waals surface area contributed by atoms with Crippen LogP contribution in [-0.4, -0.2) is 59.1 Å². The minimum Gasteiger partial charge on any atom is -0.491 e. The van der Waals surface area contributed by atoms with E-state index in [1.54, 1.807) is 42.6 Å². The number of β-amino-alcohol motifs (C(OH)–C–C–N with tert-alkyl or cyclic N) is 1. The Kier molecular flexibility index (Phi) is 8.85. The van der Waals surface area contributed by atoms with Crippen molar-refractivity contribution in [1.29, 1.82) is 0 Å². The monoisotopic (exact) mass is 664 g/mol. The Hall–Kier alpha value is -4.80. The lowest BCUT2D eigenvalue weighted by molar-refractivity contribution is -0.131. The molecule has 3 aromatic carbocycles. The third-order valence-electron chi connectivity index (χ3n) is 9.69. The van der Waals surface area contributed by atoms with Gasteiger partial charge in [-0.3, -0.25) is 14.6 Å². The number of rotatable bonds is 12. The SMILES string of the molecule is CC(C)=Cc1cccc(NC(=O)C2(C(=O)Nc3ccc(Oc4ccnc5cc(OCC(O)CN6CCC7(CC7)C6)ccc45)c(F)c3)CC2)c1. The first-order valence-electron chi connectivity index (χ1n) is 16.9. The standard InChI is InChI=1S/C39H41FN4O5/c1-25(2)18-26-4-3-5-27(19-26)42-36(46)39(13-14-39)37(47)43-28-6-9-35(32(40)20-28)49-34-10-16-41-33-21-30(7-8-31(33)34)48-23-29(45)22-44-17-15-38(24-44)11-12-38/h3-10,16,18-21,29,45H,11-15,17,22-24H2,1-2H3,(H,42,46)(H,43,47). The second kappa shape index (κ2) is 13.2. The number of hydrogen-bond acceptors (Lipinski definition) is 7. The molecule has 1 atom stereocenters. The molecule has 3 aliphatic rings. The van der Waals surface area contributed by atoms with Gasteiger partial charge in [-0.15, -0.1) is 0 Å². The predicted octanol–water partition coefficient (Wildman–Crippen LogP) is 7.17. The normalized spacial score (nSPS) is 17.7. The molecule has 4 aromatic rings. The molecule has 1 aliphatic heterocycles. The van der Waals surface area contributed by atoms with Crippen molar-refractivity contribution < 1.29 is 28.6 Å². The van der Waals surface area contributed by atoms with Gasteiger partial charge in [0.25, 0.3) is 0 Å². The molecule has 0 radical (unpaired) electrons. The fourth-order valence-electron chi connectivity index (χ4n) is 6.60. The number of benzene rings is 3. The molecule has 9 nitrogen and oxygen atoms in total. The molecule has 3 fully saturated rings. The number of aromatic nitrogens is 1. The molecule has 2 saturated carbocycles. The van der Waals surface area contributed by atoms with E-state index in [9.17, 15) is 14.7 Å². The lowest BCUT2D eigenvalue weighted by Crippen LogP contribution is -2.35. The molecular weight excluding hydrogens is 623 g/mol. The van der Waals surface area contributed by atoms with Crippen LogP contribution in [0.4, 0.5) is 15.8 Å². The van der Waals surface area contributed by atoms with Gasteiger partial charge in [0.2, 0.25) is 11.8 Å². The first-order chi connectivity index (χ1) is 23.6. The topological polar surface area (TPSA) is 113 Å². The van der Waals surface area contributed by atoms with Gasteiger partial charge in [-0.05, 0) is 106 Å². The Bertz CT molecular complexity index is 1930. The number of halogens is 1. The molecule has 1 spiro atoms. The number of nitrogens with zero attached hydrogens (tertiary/aromatic N) is 2. The van der Waals surface area contributed by atoms with Gasteiger partial charge in [-0.1, -0.05) is 23.8 Å². The second-order valence-electron chi connectivity index (χ2n) is 14.0. The molecular formula is C39H41FN4O5. The minimum absolute atomic E-state index is 0.0287. The lowest BCUT2D eigenvalue weighted by atomic mass is 10.0. The molecule has 49 heavy (non-hydrogen) atoms. The highest BCUT2D eigenvalue weighted by Crippen LogP contribution is 2.52. The molecule has 2 amide bonds. The first kappa shape index (κ1) is 32.7. The molecule has 254 valence electrons. The summed E-state index contributed by atoms with van der Waals surface area (Å²) in [5.74, 6) is -0.597. The highest BCUT2D eigenvalue weighted by Gasteiger charge is 2.56. The van der Waals surface area contributed by atoms with E-state index in [0.717, 1.165) is 24.2 Å². The van der Waals surface area contributed by atoms with Crippen molar-refractivity contribution in [3.8, 4) is 17.2 Å². The van der Waals surface area contributed by atoms with Crippen molar-refractivity contribution >= 4 is 40.2 Å². The van der Waals surface area contributed by atoms with E-state index in [2.05, 4.69) is 20.5 Å². The summed E-state index contributed by atoms with van der Waals surface area (Å²) in [6.07, 6.45) is 7.63. The van der Waals surface area contributed by atoms with Crippen LogP contribution in [0.25, 0.3) is 17.0 Å². The Morgan fingerprint density at radius 1 is 0.959 bits per heavy atom. The predicted molar refractivity (Wildman–Crippen MR) is 187 cm³/mol. The van der Waals surface area contributed by atoms with E-state index in [1.807, 2.05) is 38.1 Å². The number of anilines is 2. The van der Waals surface area contributed by atoms with E-state index >= 15 is 4.39 Å². The summed E-state index contributed by atoms with van der Waals surface area (Å²) >= 11 is 0. The van der Waals surface area contributed by atoms with Gasteiger partial charge < -0.3 is 30.1 Å². The van der Waals surface area contributed by atoms with E-state index in [-0.39, 0.29) is 24.0 Å². The number of aliphatic hydroxyl groups is 1. The Morgan fingerprint density at radius 2 is 1.73 bits per heavy atom. The number of nitrogens with one attached hydrogen (secondary N) is 2. The maximum Gasteiger partial charge on any atom is 0.240 e. The summed E-state index contributed by atoms with van der Waals surface area (Å²) < 4.78 is 27.1. The number of hydrogen-bond donors (Lipinski definition) is 3. The van der Waals surface area contributed by atoms with Crippen LogP contribution in [0.2, 0.25) is 0 Å². The zero-order chi connectivity index (χ0) is 34.2. The van der Waals surface area contributed by atoms with Crippen LogP contribution >= 0.6 is 0 Å². The maximum atomic E-state index is 15.3. The van der Waals surface area contributed by atoms with Crippen LogP contribution in [0.15, 0.2) is 78.5 Å². The van der Waals surface area contributed by atoms with Crippen LogP contribution < -0.4 is 20.1 Å². The van der Waals surface area contributed by atoms with E-state index < -0.39 is 23.2 Å². The third-order valence-corrected chi connectivity index (χ3v) is 9.69. The van der Waals surface area contributed by atoms with Gasteiger partial charge >= 0.3 is 0 Å². The van der Waals surface area contributed by atoms with Crippen LogP contribution in [0.1, 0.15) is 51.5 Å². The summed E-state index contributed by atoms with van der Waals surface area (Å²) in [5, 5.41) is 16.8. The summed E-state index contributed by atoms with van der Waals surface area (Å²) in [7, 11) is 0. The Balaban J connectivity index is 0.956. The second-order valence-corrected chi connectivity index (χ2v) is 14.0. The van der Waals surface area contributed by atoms with Gasteiger partial charge in [0.1, 0.15) is 29.6 Å². The zero-order valence-electron chi connectivity index (χ0n) is 27.8. The Morgan fingerprint density at radius 3 is 2.43 bits per heavy atom. The molecule has 0 bridgehead atoms. The maximum absolute atomic E-state index is 15.3. The number of likely N-dealkylation sites (tertiary alicyclic amines) is 1.